The summed E-state index contributed by atoms with van der Waals surface area (Å²) < 4.78 is 6.37. The Morgan fingerprint density at radius 1 is 1.19 bits per heavy atom. The fourth-order valence-electron chi connectivity index (χ4n) is 1.92. The number of benzene rings is 2. The molecule has 21 heavy (non-hydrogen) atoms. The van der Waals surface area contributed by atoms with Crippen molar-refractivity contribution in [2.24, 2.45) is 0 Å². The smallest absolute Gasteiger partial charge is 0.257 e. The van der Waals surface area contributed by atoms with Gasteiger partial charge >= 0.3 is 0 Å². The molecule has 110 valence electrons. The Kier molecular flexibility index (Phi) is 5.81. The lowest BCUT2D eigenvalue weighted by molar-refractivity contribution is -0.123. The lowest BCUT2D eigenvalue weighted by Crippen LogP contribution is -2.31. The highest BCUT2D eigenvalue weighted by molar-refractivity contribution is 9.10. The van der Waals surface area contributed by atoms with E-state index < -0.39 is 0 Å². The molecule has 0 aliphatic rings. The van der Waals surface area contributed by atoms with E-state index in [1.165, 1.54) is 5.56 Å². The lowest BCUT2D eigenvalue weighted by Gasteiger charge is -2.13. The van der Waals surface area contributed by atoms with Crippen LogP contribution in [0.3, 0.4) is 0 Å². The topological polar surface area (TPSA) is 38.3 Å². The number of hydrogen-bond donors (Lipinski definition) is 1. The van der Waals surface area contributed by atoms with Crippen LogP contribution in [0.15, 0.2) is 59.1 Å². The van der Waals surface area contributed by atoms with Crippen molar-refractivity contribution in [2.45, 2.75) is 12.8 Å². The maximum atomic E-state index is 11.8. The Balaban J connectivity index is 1.75. The predicted molar refractivity (Wildman–Crippen MR) is 87.5 cm³/mol. The SMILES string of the molecule is CC(CNC(=O)COc1cccc(Br)c1)c1ccccc1. The van der Waals surface area contributed by atoms with E-state index in [1.807, 2.05) is 42.5 Å². The van der Waals surface area contributed by atoms with Crippen LogP contribution in [-0.4, -0.2) is 19.1 Å². The molecule has 2 aromatic rings. The van der Waals surface area contributed by atoms with Crippen molar-refractivity contribution < 1.29 is 9.53 Å². The van der Waals surface area contributed by atoms with Crippen LogP contribution < -0.4 is 10.1 Å². The van der Waals surface area contributed by atoms with E-state index in [2.05, 4.69) is 40.3 Å². The first-order valence-corrected chi connectivity index (χ1v) is 7.64. The van der Waals surface area contributed by atoms with Gasteiger partial charge in [-0.1, -0.05) is 59.3 Å². The first-order chi connectivity index (χ1) is 10.1. The van der Waals surface area contributed by atoms with Crippen LogP contribution in [0.1, 0.15) is 18.4 Å². The maximum Gasteiger partial charge on any atom is 0.257 e. The number of nitrogens with one attached hydrogen (secondary N) is 1. The van der Waals surface area contributed by atoms with Crippen LogP contribution in [-0.2, 0) is 4.79 Å². The first kappa shape index (κ1) is 15.6. The van der Waals surface area contributed by atoms with Gasteiger partial charge < -0.3 is 10.1 Å². The molecule has 1 atom stereocenters. The molecular formula is C17H18BrNO2. The third-order valence-corrected chi connectivity index (χ3v) is 3.63. The molecule has 3 nitrogen and oxygen atoms in total. The van der Waals surface area contributed by atoms with Crippen LogP contribution in [0.5, 0.6) is 5.75 Å². The van der Waals surface area contributed by atoms with Crippen LogP contribution >= 0.6 is 15.9 Å². The Hall–Kier alpha value is -1.81. The molecule has 2 aromatic carbocycles. The summed E-state index contributed by atoms with van der Waals surface area (Å²) in [5.41, 5.74) is 1.21. The van der Waals surface area contributed by atoms with Crippen molar-refractivity contribution in [1.82, 2.24) is 5.32 Å². The Labute approximate surface area is 133 Å². The molecular weight excluding hydrogens is 330 g/mol. The molecule has 4 heteroatoms. The number of ether oxygens (including phenoxy) is 1. The molecule has 1 amide bonds. The fourth-order valence-corrected chi connectivity index (χ4v) is 2.30. The zero-order chi connectivity index (χ0) is 15.1. The van der Waals surface area contributed by atoms with E-state index >= 15 is 0 Å². The van der Waals surface area contributed by atoms with Crippen LogP contribution in [0.4, 0.5) is 0 Å². The van der Waals surface area contributed by atoms with Gasteiger partial charge in [0.15, 0.2) is 6.61 Å². The van der Waals surface area contributed by atoms with Crippen molar-refractivity contribution in [3.05, 3.63) is 64.6 Å². The van der Waals surface area contributed by atoms with Gasteiger partial charge in [-0.25, -0.2) is 0 Å². The van der Waals surface area contributed by atoms with Crippen molar-refractivity contribution in [2.75, 3.05) is 13.2 Å². The first-order valence-electron chi connectivity index (χ1n) is 6.85. The molecule has 0 aliphatic carbocycles. The molecule has 0 spiro atoms. The van der Waals surface area contributed by atoms with E-state index in [0.29, 0.717) is 12.3 Å². The van der Waals surface area contributed by atoms with Gasteiger partial charge in [0.05, 0.1) is 0 Å². The molecule has 1 N–H and O–H groups in total. The quantitative estimate of drug-likeness (QED) is 0.864. The van der Waals surface area contributed by atoms with Gasteiger partial charge in [-0.2, -0.15) is 0 Å². The summed E-state index contributed by atoms with van der Waals surface area (Å²) >= 11 is 3.36. The summed E-state index contributed by atoms with van der Waals surface area (Å²) in [5.74, 6) is 0.842. The summed E-state index contributed by atoms with van der Waals surface area (Å²) in [4.78, 5) is 11.8. The summed E-state index contributed by atoms with van der Waals surface area (Å²) in [6.45, 7) is 2.72. The normalized spacial score (nSPS) is 11.7. The highest BCUT2D eigenvalue weighted by Gasteiger charge is 2.08. The average Bonchev–Trinajstić information content (AvgIpc) is 2.51. The van der Waals surface area contributed by atoms with Gasteiger partial charge in [0.25, 0.3) is 5.91 Å². The van der Waals surface area contributed by atoms with Gasteiger partial charge in [0.2, 0.25) is 0 Å². The zero-order valence-electron chi connectivity index (χ0n) is 11.9. The van der Waals surface area contributed by atoms with Crippen molar-refractivity contribution in [1.29, 1.82) is 0 Å². The maximum absolute atomic E-state index is 11.8. The lowest BCUT2D eigenvalue weighted by atomic mass is 10.0. The van der Waals surface area contributed by atoms with E-state index in [0.717, 1.165) is 4.47 Å². The van der Waals surface area contributed by atoms with E-state index in [9.17, 15) is 4.79 Å². The predicted octanol–water partition coefficient (Wildman–Crippen LogP) is 3.75. The third kappa shape index (κ3) is 5.23. The van der Waals surface area contributed by atoms with Crippen molar-refractivity contribution in [3.63, 3.8) is 0 Å². The second kappa shape index (κ2) is 7.84. The van der Waals surface area contributed by atoms with Gasteiger partial charge in [-0.15, -0.1) is 0 Å². The minimum atomic E-state index is -0.113. The Bertz CT molecular complexity index is 586. The van der Waals surface area contributed by atoms with E-state index in [1.54, 1.807) is 0 Å². The Morgan fingerprint density at radius 3 is 2.67 bits per heavy atom. The van der Waals surface area contributed by atoms with Gasteiger partial charge in [-0.3, -0.25) is 4.79 Å². The van der Waals surface area contributed by atoms with Crippen LogP contribution in [0.2, 0.25) is 0 Å². The summed E-state index contributed by atoms with van der Waals surface area (Å²) in [6, 6.07) is 17.6. The second-order valence-corrected chi connectivity index (χ2v) is 5.78. The molecule has 0 saturated heterocycles. The minimum Gasteiger partial charge on any atom is -0.484 e. The van der Waals surface area contributed by atoms with Crippen molar-refractivity contribution >= 4 is 21.8 Å². The standard InChI is InChI=1S/C17H18BrNO2/c1-13(14-6-3-2-4-7-14)11-19-17(20)12-21-16-9-5-8-15(18)10-16/h2-10,13H,11-12H2,1H3,(H,19,20). The van der Waals surface area contributed by atoms with Gasteiger partial charge in [0, 0.05) is 11.0 Å². The van der Waals surface area contributed by atoms with Gasteiger partial charge in [0.1, 0.15) is 5.75 Å². The number of carbonyl (C=O) groups is 1. The Morgan fingerprint density at radius 2 is 1.95 bits per heavy atom. The highest BCUT2D eigenvalue weighted by Crippen LogP contribution is 2.17. The molecule has 1 unspecified atom stereocenters. The molecule has 0 radical (unpaired) electrons. The number of halogens is 1. The monoisotopic (exact) mass is 347 g/mol. The number of amides is 1. The van der Waals surface area contributed by atoms with E-state index in [-0.39, 0.29) is 18.4 Å². The zero-order valence-corrected chi connectivity index (χ0v) is 13.5. The molecule has 0 fully saturated rings. The highest BCUT2D eigenvalue weighted by atomic mass is 79.9. The molecule has 0 aliphatic heterocycles. The number of hydrogen-bond acceptors (Lipinski definition) is 2. The van der Waals surface area contributed by atoms with Crippen LogP contribution in [0, 0.1) is 0 Å². The van der Waals surface area contributed by atoms with Crippen molar-refractivity contribution in [3.8, 4) is 5.75 Å². The minimum absolute atomic E-state index is 0.0258. The van der Waals surface area contributed by atoms with Crippen LogP contribution in [0.25, 0.3) is 0 Å². The molecule has 2 rings (SSSR count). The van der Waals surface area contributed by atoms with Gasteiger partial charge in [-0.05, 0) is 29.7 Å². The summed E-state index contributed by atoms with van der Waals surface area (Å²) in [6.07, 6.45) is 0. The molecule has 0 aromatic heterocycles. The largest absolute Gasteiger partial charge is 0.484 e. The number of carbonyl (C=O) groups excluding carboxylic acids is 1. The second-order valence-electron chi connectivity index (χ2n) is 4.86. The molecule has 0 saturated carbocycles. The van der Waals surface area contributed by atoms with E-state index in [4.69, 9.17) is 4.74 Å². The number of rotatable bonds is 6. The molecule has 0 bridgehead atoms. The third-order valence-electron chi connectivity index (χ3n) is 3.14. The summed E-state index contributed by atoms with van der Waals surface area (Å²) in [5, 5.41) is 2.89. The molecule has 0 heterocycles. The summed E-state index contributed by atoms with van der Waals surface area (Å²) in [7, 11) is 0. The fraction of sp³-hybridized carbons (Fsp3) is 0.235. The average molecular weight is 348 g/mol.